The van der Waals surface area contributed by atoms with E-state index >= 15 is 0 Å². The Balaban J connectivity index is 2.62. The second kappa shape index (κ2) is 6.32. The lowest BCUT2D eigenvalue weighted by Crippen LogP contribution is -2.14. The first kappa shape index (κ1) is 13.6. The molecule has 4 nitrogen and oxygen atoms in total. The van der Waals surface area contributed by atoms with E-state index in [0.29, 0.717) is 5.71 Å². The zero-order valence-corrected chi connectivity index (χ0v) is 9.66. The van der Waals surface area contributed by atoms with Gasteiger partial charge in [0.15, 0.2) is 0 Å². The number of aliphatic imine (C=N–C) groups is 1. The van der Waals surface area contributed by atoms with Gasteiger partial charge in [-0.3, -0.25) is 9.79 Å². The van der Waals surface area contributed by atoms with Gasteiger partial charge in [0.25, 0.3) is 6.43 Å². The molecule has 0 saturated heterocycles. The van der Waals surface area contributed by atoms with Crippen molar-refractivity contribution in [2.75, 3.05) is 13.2 Å². The van der Waals surface area contributed by atoms with E-state index < -0.39 is 18.1 Å². The summed E-state index contributed by atoms with van der Waals surface area (Å²) in [5, 5.41) is 0. The fourth-order valence-electron chi connectivity index (χ4n) is 1.27. The van der Waals surface area contributed by atoms with E-state index in [1.807, 2.05) is 0 Å². The molecule has 0 amide bonds. The van der Waals surface area contributed by atoms with Crippen molar-refractivity contribution < 1.29 is 18.3 Å². The lowest BCUT2D eigenvalue weighted by Gasteiger charge is -2.03. The van der Waals surface area contributed by atoms with E-state index in [9.17, 15) is 13.6 Å². The summed E-state index contributed by atoms with van der Waals surface area (Å²) in [4.78, 5) is 15.1. The van der Waals surface area contributed by atoms with E-state index in [-0.39, 0.29) is 19.1 Å². The van der Waals surface area contributed by atoms with Gasteiger partial charge in [0, 0.05) is 11.6 Å². The third kappa shape index (κ3) is 4.93. The zero-order valence-electron chi connectivity index (χ0n) is 9.66. The number of carbonyl (C=O) groups excluding carboxylic acids is 1. The van der Waals surface area contributed by atoms with Crippen LogP contribution in [0.4, 0.5) is 8.78 Å². The standard InChI is InChI=1S/C11H16F2N2O2/c1-2-17-10(16)6-15-9(7-3-4-7)5-8(14)11(12)13/h5,7,11H,2-4,6,14H2,1H3/b8-5-,15-9?. The molecule has 0 atom stereocenters. The third-order valence-corrected chi connectivity index (χ3v) is 2.26. The van der Waals surface area contributed by atoms with Gasteiger partial charge >= 0.3 is 5.97 Å². The molecule has 1 rings (SSSR count). The van der Waals surface area contributed by atoms with Crippen LogP contribution in [-0.2, 0) is 9.53 Å². The molecule has 1 fully saturated rings. The molecule has 0 aromatic heterocycles. The summed E-state index contributed by atoms with van der Waals surface area (Å²) in [7, 11) is 0. The number of halogens is 2. The largest absolute Gasteiger partial charge is 0.465 e. The molecular formula is C11H16F2N2O2. The van der Waals surface area contributed by atoms with E-state index in [1.165, 1.54) is 6.08 Å². The number of esters is 1. The number of nitrogens with zero attached hydrogens (tertiary/aromatic N) is 1. The van der Waals surface area contributed by atoms with Gasteiger partial charge in [-0.2, -0.15) is 0 Å². The number of allylic oxidation sites excluding steroid dienone is 2. The minimum Gasteiger partial charge on any atom is -0.465 e. The summed E-state index contributed by atoms with van der Waals surface area (Å²) in [6.45, 7) is 1.83. The van der Waals surface area contributed by atoms with Crippen LogP contribution in [0.2, 0.25) is 0 Å². The van der Waals surface area contributed by atoms with Gasteiger partial charge in [-0.15, -0.1) is 0 Å². The van der Waals surface area contributed by atoms with Crippen molar-refractivity contribution in [3.8, 4) is 0 Å². The smallest absolute Gasteiger partial charge is 0.327 e. The number of carbonyl (C=O) groups is 1. The van der Waals surface area contributed by atoms with Crippen molar-refractivity contribution in [3.05, 3.63) is 11.8 Å². The number of hydrogen-bond acceptors (Lipinski definition) is 4. The Hall–Kier alpha value is -1.46. The Bertz CT molecular complexity index is 336. The van der Waals surface area contributed by atoms with Crippen LogP contribution in [0.3, 0.4) is 0 Å². The number of ether oxygens (including phenoxy) is 1. The first-order valence-corrected chi connectivity index (χ1v) is 5.49. The summed E-state index contributed by atoms with van der Waals surface area (Å²) in [5.41, 5.74) is 5.12. The summed E-state index contributed by atoms with van der Waals surface area (Å²) in [5.74, 6) is -0.309. The highest BCUT2D eigenvalue weighted by Gasteiger charge is 2.27. The highest BCUT2D eigenvalue weighted by atomic mass is 19.3. The molecule has 0 aromatic carbocycles. The van der Waals surface area contributed by atoms with Crippen molar-refractivity contribution in [1.29, 1.82) is 0 Å². The van der Waals surface area contributed by atoms with Crippen LogP contribution in [0.25, 0.3) is 0 Å². The fraction of sp³-hybridized carbons (Fsp3) is 0.636. The highest BCUT2D eigenvalue weighted by Crippen LogP contribution is 2.31. The molecule has 0 heterocycles. The van der Waals surface area contributed by atoms with Crippen molar-refractivity contribution in [3.63, 3.8) is 0 Å². The molecule has 2 N–H and O–H groups in total. The van der Waals surface area contributed by atoms with Gasteiger partial charge in [0.2, 0.25) is 0 Å². The second-order valence-corrected chi connectivity index (χ2v) is 3.77. The Labute approximate surface area is 98.5 Å². The van der Waals surface area contributed by atoms with Crippen molar-refractivity contribution in [2.45, 2.75) is 26.2 Å². The first-order chi connectivity index (χ1) is 8.04. The normalized spacial score (nSPS) is 17.4. The summed E-state index contributed by atoms with van der Waals surface area (Å²) in [6, 6.07) is 0. The van der Waals surface area contributed by atoms with Crippen LogP contribution in [0.5, 0.6) is 0 Å². The summed E-state index contributed by atoms with van der Waals surface area (Å²) >= 11 is 0. The van der Waals surface area contributed by atoms with Crippen LogP contribution in [-0.4, -0.2) is 31.3 Å². The maximum atomic E-state index is 12.3. The number of alkyl halides is 2. The predicted octanol–water partition coefficient (Wildman–Crippen LogP) is 1.51. The first-order valence-electron chi connectivity index (χ1n) is 5.49. The highest BCUT2D eigenvalue weighted by molar-refractivity contribution is 5.99. The fourth-order valence-corrected chi connectivity index (χ4v) is 1.27. The van der Waals surface area contributed by atoms with Gasteiger partial charge in [0.05, 0.1) is 12.3 Å². The van der Waals surface area contributed by atoms with Crippen LogP contribution < -0.4 is 5.73 Å². The van der Waals surface area contributed by atoms with Crippen LogP contribution in [0.1, 0.15) is 19.8 Å². The van der Waals surface area contributed by atoms with Crippen molar-refractivity contribution >= 4 is 11.7 Å². The van der Waals surface area contributed by atoms with Gasteiger partial charge in [-0.05, 0) is 25.8 Å². The van der Waals surface area contributed by atoms with Crippen molar-refractivity contribution in [1.82, 2.24) is 0 Å². The maximum absolute atomic E-state index is 12.3. The van der Waals surface area contributed by atoms with Crippen molar-refractivity contribution in [2.24, 2.45) is 16.6 Å². The Morgan fingerprint density at radius 1 is 1.59 bits per heavy atom. The lowest BCUT2D eigenvalue weighted by atomic mass is 10.2. The molecule has 1 saturated carbocycles. The second-order valence-electron chi connectivity index (χ2n) is 3.77. The molecule has 1 aliphatic carbocycles. The van der Waals surface area contributed by atoms with E-state index in [4.69, 9.17) is 10.5 Å². The topological polar surface area (TPSA) is 64.7 Å². The van der Waals surface area contributed by atoms with Gasteiger partial charge in [-0.1, -0.05) is 0 Å². The summed E-state index contributed by atoms with van der Waals surface area (Å²) in [6.07, 6.45) is 0.270. The molecule has 0 aliphatic heterocycles. The van der Waals surface area contributed by atoms with Gasteiger partial charge < -0.3 is 10.5 Å². The SMILES string of the molecule is CCOC(=O)CN=C(/C=C(\N)C(F)F)C1CC1. The van der Waals surface area contributed by atoms with Gasteiger partial charge in [0.1, 0.15) is 6.54 Å². The average molecular weight is 246 g/mol. The molecule has 0 aromatic rings. The van der Waals surface area contributed by atoms with E-state index in [0.717, 1.165) is 12.8 Å². The van der Waals surface area contributed by atoms with E-state index in [1.54, 1.807) is 6.92 Å². The zero-order chi connectivity index (χ0) is 12.8. The molecule has 0 radical (unpaired) electrons. The lowest BCUT2D eigenvalue weighted by molar-refractivity contribution is -0.141. The minimum atomic E-state index is -2.69. The predicted molar refractivity (Wildman–Crippen MR) is 59.9 cm³/mol. The summed E-state index contributed by atoms with van der Waals surface area (Å²) < 4.78 is 29.2. The van der Waals surface area contributed by atoms with Crippen LogP contribution in [0.15, 0.2) is 16.8 Å². The molecule has 0 spiro atoms. The van der Waals surface area contributed by atoms with E-state index in [2.05, 4.69) is 4.99 Å². The maximum Gasteiger partial charge on any atom is 0.327 e. The Morgan fingerprint density at radius 3 is 2.71 bits per heavy atom. The molecular weight excluding hydrogens is 230 g/mol. The number of rotatable bonds is 6. The molecule has 96 valence electrons. The van der Waals surface area contributed by atoms with Gasteiger partial charge in [-0.25, -0.2) is 8.78 Å². The Morgan fingerprint density at radius 2 is 2.24 bits per heavy atom. The number of hydrogen-bond donors (Lipinski definition) is 1. The molecule has 6 heteroatoms. The molecule has 0 unspecified atom stereocenters. The average Bonchev–Trinajstić information content (AvgIpc) is 3.07. The molecule has 0 bridgehead atoms. The minimum absolute atomic E-state index is 0.146. The quantitative estimate of drug-likeness (QED) is 0.570. The molecule has 17 heavy (non-hydrogen) atoms. The number of nitrogens with two attached hydrogens (primary N) is 1. The third-order valence-electron chi connectivity index (χ3n) is 2.26. The Kier molecular flexibility index (Phi) is 5.06. The molecule has 1 aliphatic rings. The monoisotopic (exact) mass is 246 g/mol. The van der Waals surface area contributed by atoms with Crippen LogP contribution >= 0.6 is 0 Å². The van der Waals surface area contributed by atoms with Crippen LogP contribution in [0, 0.1) is 5.92 Å².